The van der Waals surface area contributed by atoms with Crippen molar-refractivity contribution in [2.24, 2.45) is 0 Å². The number of piperidine rings is 1. The monoisotopic (exact) mass is 681 g/mol. The Morgan fingerprint density at radius 2 is 1.34 bits per heavy atom. The van der Waals surface area contributed by atoms with Gasteiger partial charge >= 0.3 is 11.9 Å². The maximum Gasteiger partial charge on any atom is 0.340 e. The van der Waals surface area contributed by atoms with E-state index in [9.17, 15) is 14.4 Å². The lowest BCUT2D eigenvalue weighted by molar-refractivity contribution is -0.145. The number of ether oxygens (including phenoxy) is 5. The van der Waals surface area contributed by atoms with E-state index in [1.165, 1.54) is 44.8 Å². The summed E-state index contributed by atoms with van der Waals surface area (Å²) < 4.78 is 27.8. The highest BCUT2D eigenvalue weighted by Crippen LogP contribution is 2.42. The number of carbonyl (C=O) groups is 3. The van der Waals surface area contributed by atoms with Gasteiger partial charge in [-0.05, 0) is 112 Å². The number of thiophene rings is 1. The van der Waals surface area contributed by atoms with Gasteiger partial charge in [-0.15, -0.1) is 23.7 Å². The average Bonchev–Trinajstić information content (AvgIpc) is 3.47. The Morgan fingerprint density at radius 3 is 1.96 bits per heavy atom. The summed E-state index contributed by atoms with van der Waals surface area (Å²) in [6, 6.07) is 19.4. The zero-order chi connectivity index (χ0) is 32.6. The van der Waals surface area contributed by atoms with Crippen LogP contribution in [0.4, 0.5) is 0 Å². The highest BCUT2D eigenvalue weighted by molar-refractivity contribution is 7.22. The normalized spacial score (nSPS) is 14.6. The van der Waals surface area contributed by atoms with Gasteiger partial charge in [-0.2, -0.15) is 0 Å². The third-order valence-corrected chi connectivity index (χ3v) is 9.26. The average molecular weight is 682 g/mol. The number of likely N-dealkylation sites (tertiary alicyclic amines) is 1. The van der Waals surface area contributed by atoms with Gasteiger partial charge in [-0.1, -0.05) is 6.42 Å². The van der Waals surface area contributed by atoms with Crippen molar-refractivity contribution < 1.29 is 38.1 Å². The van der Waals surface area contributed by atoms with E-state index in [1.54, 1.807) is 56.3 Å². The van der Waals surface area contributed by atoms with E-state index < -0.39 is 24.1 Å². The van der Waals surface area contributed by atoms with E-state index in [0.29, 0.717) is 35.0 Å². The van der Waals surface area contributed by atoms with Crippen molar-refractivity contribution >= 4 is 51.6 Å². The molecule has 2 atom stereocenters. The summed E-state index contributed by atoms with van der Waals surface area (Å²) >= 11 is 1.41. The minimum absolute atomic E-state index is 0. The van der Waals surface area contributed by atoms with Crippen LogP contribution in [0.25, 0.3) is 20.5 Å². The molecule has 4 aromatic rings. The first kappa shape index (κ1) is 36.0. The molecule has 2 unspecified atom stereocenters. The third kappa shape index (κ3) is 8.97. The fourth-order valence-corrected chi connectivity index (χ4v) is 6.39. The number of halogens is 1. The van der Waals surface area contributed by atoms with Crippen LogP contribution in [0.3, 0.4) is 0 Å². The lowest BCUT2D eigenvalue weighted by atomic mass is 9.97. The van der Waals surface area contributed by atoms with Crippen LogP contribution in [0.1, 0.15) is 49.0 Å². The van der Waals surface area contributed by atoms with Gasteiger partial charge in [0, 0.05) is 46.9 Å². The highest BCUT2D eigenvalue weighted by atomic mass is 35.5. The fourth-order valence-electron chi connectivity index (χ4n) is 5.16. The van der Waals surface area contributed by atoms with Crippen molar-refractivity contribution in [3.8, 4) is 27.7 Å². The van der Waals surface area contributed by atoms with Gasteiger partial charge in [0.25, 0.3) is 0 Å². The molecule has 1 saturated heterocycles. The molecule has 1 aromatic heterocycles. The summed E-state index contributed by atoms with van der Waals surface area (Å²) in [7, 11) is 2.88. The maximum absolute atomic E-state index is 14.1. The molecule has 9 nitrogen and oxygen atoms in total. The van der Waals surface area contributed by atoms with Gasteiger partial charge in [0.2, 0.25) is 0 Å². The van der Waals surface area contributed by atoms with Gasteiger partial charge in [0.15, 0.2) is 18.0 Å². The number of carbonyl (C=O) groups excluding carboxylic acids is 3. The number of fused-ring (bicyclic) bond motifs is 1. The van der Waals surface area contributed by atoms with E-state index in [0.717, 1.165) is 40.2 Å². The first-order valence-electron chi connectivity index (χ1n) is 15.4. The summed E-state index contributed by atoms with van der Waals surface area (Å²) in [6.45, 7) is 6.94. The number of nitrogens with zero attached hydrogens (tertiary/aromatic N) is 1. The lowest BCUT2D eigenvalue weighted by Gasteiger charge is -2.26. The van der Waals surface area contributed by atoms with Crippen molar-refractivity contribution in [1.29, 1.82) is 0 Å². The Morgan fingerprint density at radius 1 is 0.766 bits per heavy atom. The standard InChI is InChI=1S/C36H39NO8S.ClH/c1-23(41-3)35(39)44-28-14-10-26(11-15-28)34-32(30-17-16-29(22-31(30)46-34)45-36(40)24(2)42-4)33(38)25-8-12-27(13-9-25)43-21-20-37-18-6-5-7-19-37;/h8-17,22-24H,5-7,18-21H2,1-4H3;1H. The van der Waals surface area contributed by atoms with Crippen molar-refractivity contribution in [2.75, 3.05) is 40.5 Å². The summed E-state index contributed by atoms with van der Waals surface area (Å²) in [5.74, 6) is 0.271. The van der Waals surface area contributed by atoms with Crippen LogP contribution in [0.2, 0.25) is 0 Å². The van der Waals surface area contributed by atoms with Gasteiger partial charge in [-0.25, -0.2) is 9.59 Å². The summed E-state index contributed by atoms with van der Waals surface area (Å²) in [5, 5.41) is 0.732. The number of hydrogen-bond donors (Lipinski definition) is 0. The second kappa shape index (κ2) is 16.9. The van der Waals surface area contributed by atoms with Crippen LogP contribution in [0.15, 0.2) is 66.7 Å². The minimum atomic E-state index is -0.719. The van der Waals surface area contributed by atoms with Crippen LogP contribution in [0.5, 0.6) is 17.2 Å². The van der Waals surface area contributed by atoms with Gasteiger partial charge in [0.05, 0.1) is 0 Å². The quantitative estimate of drug-likeness (QED) is 0.0842. The molecule has 1 fully saturated rings. The predicted octanol–water partition coefficient (Wildman–Crippen LogP) is 6.97. The summed E-state index contributed by atoms with van der Waals surface area (Å²) in [5.41, 5.74) is 1.82. The second-order valence-electron chi connectivity index (χ2n) is 11.2. The predicted molar refractivity (Wildman–Crippen MR) is 184 cm³/mol. The van der Waals surface area contributed by atoms with Gasteiger partial charge < -0.3 is 23.7 Å². The van der Waals surface area contributed by atoms with Crippen LogP contribution < -0.4 is 14.2 Å². The molecule has 0 radical (unpaired) electrons. The Labute approximate surface area is 285 Å². The van der Waals surface area contributed by atoms with Crippen LogP contribution in [-0.4, -0.2) is 75.3 Å². The molecule has 2 heterocycles. The molecule has 1 aliphatic rings. The van der Waals surface area contributed by atoms with E-state index in [2.05, 4.69) is 4.90 Å². The zero-order valence-electron chi connectivity index (χ0n) is 27.0. The molecule has 250 valence electrons. The molecule has 47 heavy (non-hydrogen) atoms. The van der Waals surface area contributed by atoms with Crippen LogP contribution in [-0.2, 0) is 19.1 Å². The SMILES string of the molecule is COC(C)C(=O)Oc1ccc(-c2sc3cc(OC(=O)C(C)OC)ccc3c2C(=O)c2ccc(OCCN3CCCCC3)cc2)cc1.Cl. The molecule has 0 amide bonds. The van der Waals surface area contributed by atoms with Crippen molar-refractivity contribution in [3.05, 3.63) is 77.9 Å². The van der Waals surface area contributed by atoms with E-state index in [-0.39, 0.29) is 18.2 Å². The van der Waals surface area contributed by atoms with Crippen molar-refractivity contribution in [3.63, 3.8) is 0 Å². The van der Waals surface area contributed by atoms with Crippen LogP contribution >= 0.6 is 23.7 Å². The lowest BCUT2D eigenvalue weighted by Crippen LogP contribution is -2.33. The summed E-state index contributed by atoms with van der Waals surface area (Å²) in [4.78, 5) is 41.8. The zero-order valence-corrected chi connectivity index (χ0v) is 28.6. The number of esters is 2. The number of methoxy groups -OCH3 is 2. The van der Waals surface area contributed by atoms with Crippen molar-refractivity contribution in [1.82, 2.24) is 4.90 Å². The molecule has 0 bridgehead atoms. The molecule has 0 spiro atoms. The molecule has 11 heteroatoms. The Balaban J connectivity index is 0.00000500. The second-order valence-corrected chi connectivity index (χ2v) is 12.2. The Bertz CT molecular complexity index is 1670. The van der Waals surface area contributed by atoms with Crippen LogP contribution in [0, 0.1) is 0 Å². The molecular formula is C36H40ClNO8S. The minimum Gasteiger partial charge on any atom is -0.492 e. The topological polar surface area (TPSA) is 101 Å². The van der Waals surface area contributed by atoms with Gasteiger partial charge in [-0.3, -0.25) is 9.69 Å². The molecule has 5 rings (SSSR count). The maximum atomic E-state index is 14.1. The molecule has 0 saturated carbocycles. The fraction of sp³-hybridized carbons (Fsp3) is 0.361. The number of benzene rings is 3. The molecule has 1 aliphatic heterocycles. The largest absolute Gasteiger partial charge is 0.492 e. The third-order valence-electron chi connectivity index (χ3n) is 8.05. The number of ketones is 1. The Hall–Kier alpha value is -3.80. The number of rotatable bonds is 13. The van der Waals surface area contributed by atoms with E-state index in [1.807, 2.05) is 24.3 Å². The first-order valence-corrected chi connectivity index (χ1v) is 16.2. The smallest absolute Gasteiger partial charge is 0.340 e. The van der Waals surface area contributed by atoms with E-state index >= 15 is 0 Å². The Kier molecular flexibility index (Phi) is 12.9. The van der Waals surface area contributed by atoms with E-state index in [4.69, 9.17) is 23.7 Å². The molecule has 0 N–H and O–H groups in total. The summed E-state index contributed by atoms with van der Waals surface area (Å²) in [6.07, 6.45) is 2.35. The molecule has 0 aliphatic carbocycles. The number of hydrogen-bond acceptors (Lipinski definition) is 10. The molecular weight excluding hydrogens is 642 g/mol. The highest BCUT2D eigenvalue weighted by Gasteiger charge is 2.23. The first-order chi connectivity index (χ1) is 22.3. The van der Waals surface area contributed by atoms with Gasteiger partial charge in [0.1, 0.15) is 23.9 Å². The van der Waals surface area contributed by atoms with Crippen molar-refractivity contribution in [2.45, 2.75) is 45.3 Å². The molecule has 3 aromatic carbocycles.